The maximum Gasteiger partial charge on any atom is 0.220 e. The van der Waals surface area contributed by atoms with Gasteiger partial charge in [0.1, 0.15) is 11.5 Å². The predicted molar refractivity (Wildman–Crippen MR) is 90.2 cm³/mol. The van der Waals surface area contributed by atoms with Gasteiger partial charge in [-0.15, -0.1) is 0 Å². The van der Waals surface area contributed by atoms with Gasteiger partial charge < -0.3 is 14.5 Å². The molecule has 130 valence electrons. The predicted octanol–water partition coefficient (Wildman–Crippen LogP) is 2.60. The van der Waals surface area contributed by atoms with Crippen LogP contribution in [0.15, 0.2) is 16.5 Å². The van der Waals surface area contributed by atoms with Crippen molar-refractivity contribution in [3.05, 3.63) is 23.7 Å². The Kier molecular flexibility index (Phi) is 7.62. The molecule has 0 aromatic carbocycles. The lowest BCUT2D eigenvalue weighted by molar-refractivity contribution is -0.121. The third kappa shape index (κ3) is 6.36. The number of amides is 1. The van der Waals surface area contributed by atoms with Crippen molar-refractivity contribution in [2.75, 3.05) is 33.4 Å². The minimum Gasteiger partial charge on any atom is -0.465 e. The summed E-state index contributed by atoms with van der Waals surface area (Å²) in [6, 6.07) is 4.17. The van der Waals surface area contributed by atoms with Crippen molar-refractivity contribution in [1.29, 1.82) is 0 Å². The highest BCUT2D eigenvalue weighted by atomic mass is 16.5. The van der Waals surface area contributed by atoms with E-state index in [1.165, 1.54) is 12.8 Å². The lowest BCUT2D eigenvalue weighted by Crippen LogP contribution is -2.34. The van der Waals surface area contributed by atoms with Crippen LogP contribution in [0.3, 0.4) is 0 Å². The molecule has 1 fully saturated rings. The molecule has 0 spiro atoms. The zero-order chi connectivity index (χ0) is 16.5. The van der Waals surface area contributed by atoms with Gasteiger partial charge in [-0.1, -0.05) is 6.92 Å². The maximum absolute atomic E-state index is 11.7. The third-order valence-electron chi connectivity index (χ3n) is 4.56. The molecule has 0 unspecified atom stereocenters. The molecule has 1 aliphatic heterocycles. The molecule has 2 rings (SSSR count). The van der Waals surface area contributed by atoms with E-state index in [2.05, 4.69) is 29.3 Å². The summed E-state index contributed by atoms with van der Waals surface area (Å²) in [7, 11) is 1.64. The van der Waals surface area contributed by atoms with Crippen LogP contribution in [0.25, 0.3) is 0 Å². The molecule has 5 heteroatoms. The van der Waals surface area contributed by atoms with Crippen LogP contribution in [0.5, 0.6) is 0 Å². The molecular weight excluding hydrogens is 292 g/mol. The highest BCUT2D eigenvalue weighted by molar-refractivity contribution is 5.75. The number of aryl methyl sites for hydroxylation is 1. The fourth-order valence-corrected chi connectivity index (χ4v) is 3.07. The molecule has 23 heavy (non-hydrogen) atoms. The van der Waals surface area contributed by atoms with Gasteiger partial charge in [0, 0.05) is 26.5 Å². The summed E-state index contributed by atoms with van der Waals surface area (Å²) in [5, 5.41) is 2.89. The number of rotatable bonds is 9. The van der Waals surface area contributed by atoms with Gasteiger partial charge in [-0.3, -0.25) is 9.69 Å². The Morgan fingerprint density at radius 3 is 2.74 bits per heavy atom. The van der Waals surface area contributed by atoms with E-state index in [4.69, 9.17) is 9.15 Å². The average Bonchev–Trinajstić information content (AvgIpc) is 3.02. The van der Waals surface area contributed by atoms with Crippen molar-refractivity contribution in [2.45, 2.75) is 45.6 Å². The van der Waals surface area contributed by atoms with Gasteiger partial charge in [0.15, 0.2) is 0 Å². The monoisotopic (exact) mass is 322 g/mol. The van der Waals surface area contributed by atoms with Crippen LogP contribution in [0, 0.1) is 5.92 Å². The first kappa shape index (κ1) is 18.0. The maximum atomic E-state index is 11.7. The van der Waals surface area contributed by atoms with Crippen molar-refractivity contribution < 1.29 is 13.9 Å². The standard InChI is InChI=1S/C18H30N2O3/c1-3-16-5-6-17(23-16)14-20-11-8-15(9-12-20)4-7-18(21)19-10-13-22-2/h5-6,15H,3-4,7-14H2,1-2H3,(H,19,21). The summed E-state index contributed by atoms with van der Waals surface area (Å²) in [5.41, 5.74) is 0. The second-order valence-electron chi connectivity index (χ2n) is 6.32. The smallest absolute Gasteiger partial charge is 0.220 e. The third-order valence-corrected chi connectivity index (χ3v) is 4.56. The van der Waals surface area contributed by atoms with E-state index in [1.54, 1.807) is 7.11 Å². The first-order chi connectivity index (χ1) is 11.2. The summed E-state index contributed by atoms with van der Waals surface area (Å²) >= 11 is 0. The number of nitrogens with one attached hydrogen (secondary N) is 1. The zero-order valence-corrected chi connectivity index (χ0v) is 14.5. The second-order valence-corrected chi connectivity index (χ2v) is 6.32. The Balaban J connectivity index is 1.61. The Morgan fingerprint density at radius 1 is 1.35 bits per heavy atom. The van der Waals surface area contributed by atoms with Crippen LogP contribution in [-0.2, 0) is 22.5 Å². The van der Waals surface area contributed by atoms with E-state index in [0.717, 1.165) is 44.0 Å². The fraction of sp³-hybridized carbons (Fsp3) is 0.722. The average molecular weight is 322 g/mol. The lowest BCUT2D eigenvalue weighted by Gasteiger charge is -2.31. The molecule has 1 aliphatic rings. The topological polar surface area (TPSA) is 54.7 Å². The molecule has 0 saturated carbocycles. The molecule has 1 N–H and O–H groups in total. The van der Waals surface area contributed by atoms with Crippen LogP contribution in [0.1, 0.15) is 44.1 Å². The Morgan fingerprint density at radius 2 is 2.09 bits per heavy atom. The van der Waals surface area contributed by atoms with E-state index < -0.39 is 0 Å². The van der Waals surface area contributed by atoms with Gasteiger partial charge in [0.05, 0.1) is 13.2 Å². The van der Waals surface area contributed by atoms with E-state index in [0.29, 0.717) is 25.5 Å². The molecule has 5 nitrogen and oxygen atoms in total. The van der Waals surface area contributed by atoms with Gasteiger partial charge >= 0.3 is 0 Å². The van der Waals surface area contributed by atoms with Crippen LogP contribution < -0.4 is 5.32 Å². The van der Waals surface area contributed by atoms with Crippen molar-refractivity contribution in [1.82, 2.24) is 10.2 Å². The van der Waals surface area contributed by atoms with E-state index in [9.17, 15) is 4.79 Å². The number of carbonyl (C=O) groups is 1. The molecule has 1 saturated heterocycles. The molecule has 1 aromatic rings. The normalized spacial score (nSPS) is 16.6. The Hall–Kier alpha value is -1.33. The van der Waals surface area contributed by atoms with E-state index >= 15 is 0 Å². The quantitative estimate of drug-likeness (QED) is 0.710. The highest BCUT2D eigenvalue weighted by Crippen LogP contribution is 2.23. The van der Waals surface area contributed by atoms with Gasteiger partial charge in [-0.2, -0.15) is 0 Å². The molecule has 1 aromatic heterocycles. The number of hydrogen-bond acceptors (Lipinski definition) is 4. The van der Waals surface area contributed by atoms with Gasteiger partial charge in [-0.25, -0.2) is 0 Å². The van der Waals surface area contributed by atoms with E-state index in [-0.39, 0.29) is 5.91 Å². The van der Waals surface area contributed by atoms with Crippen molar-refractivity contribution in [2.24, 2.45) is 5.92 Å². The molecule has 0 atom stereocenters. The number of ether oxygens (including phenoxy) is 1. The summed E-state index contributed by atoms with van der Waals surface area (Å²) in [6.45, 7) is 6.40. The fourth-order valence-electron chi connectivity index (χ4n) is 3.07. The number of hydrogen-bond donors (Lipinski definition) is 1. The second kappa shape index (κ2) is 9.73. The summed E-state index contributed by atoms with van der Waals surface area (Å²) < 4.78 is 10.7. The molecule has 2 heterocycles. The Bertz CT molecular complexity index is 465. The number of furan rings is 1. The van der Waals surface area contributed by atoms with Gasteiger partial charge in [-0.05, 0) is 50.4 Å². The van der Waals surface area contributed by atoms with Crippen LogP contribution >= 0.6 is 0 Å². The molecule has 0 radical (unpaired) electrons. The largest absolute Gasteiger partial charge is 0.465 e. The SMILES string of the molecule is CCc1ccc(CN2CCC(CCC(=O)NCCOC)CC2)o1. The number of piperidine rings is 1. The molecular formula is C18H30N2O3. The minimum absolute atomic E-state index is 0.146. The van der Waals surface area contributed by atoms with Crippen LogP contribution in [-0.4, -0.2) is 44.2 Å². The lowest BCUT2D eigenvalue weighted by atomic mass is 9.92. The van der Waals surface area contributed by atoms with Gasteiger partial charge in [0.2, 0.25) is 5.91 Å². The first-order valence-corrected chi connectivity index (χ1v) is 8.76. The summed E-state index contributed by atoms with van der Waals surface area (Å²) in [5.74, 6) is 2.95. The van der Waals surface area contributed by atoms with Crippen LogP contribution in [0.2, 0.25) is 0 Å². The first-order valence-electron chi connectivity index (χ1n) is 8.76. The highest BCUT2D eigenvalue weighted by Gasteiger charge is 2.20. The molecule has 0 bridgehead atoms. The summed E-state index contributed by atoms with van der Waals surface area (Å²) in [6.07, 6.45) is 4.92. The van der Waals surface area contributed by atoms with E-state index in [1.807, 2.05) is 0 Å². The number of methoxy groups -OCH3 is 1. The minimum atomic E-state index is 0.146. The summed E-state index contributed by atoms with van der Waals surface area (Å²) in [4.78, 5) is 14.2. The zero-order valence-electron chi connectivity index (χ0n) is 14.5. The van der Waals surface area contributed by atoms with Crippen LogP contribution in [0.4, 0.5) is 0 Å². The number of nitrogens with zero attached hydrogens (tertiary/aromatic N) is 1. The number of carbonyl (C=O) groups excluding carboxylic acids is 1. The van der Waals surface area contributed by atoms with Crippen molar-refractivity contribution in [3.63, 3.8) is 0 Å². The Labute approximate surface area is 139 Å². The molecule has 0 aliphatic carbocycles. The van der Waals surface area contributed by atoms with Gasteiger partial charge in [0.25, 0.3) is 0 Å². The number of likely N-dealkylation sites (tertiary alicyclic amines) is 1. The molecule has 1 amide bonds. The van der Waals surface area contributed by atoms with Crippen molar-refractivity contribution in [3.8, 4) is 0 Å². The van der Waals surface area contributed by atoms with Crippen molar-refractivity contribution >= 4 is 5.91 Å².